The Morgan fingerprint density at radius 1 is 1.13 bits per heavy atom. The molecule has 0 amide bonds. The molecule has 1 fully saturated rings. The summed E-state index contributed by atoms with van der Waals surface area (Å²) in [5, 5.41) is 0. The van der Waals surface area contributed by atoms with Gasteiger partial charge in [-0.25, -0.2) is 0 Å². The number of methoxy groups -OCH3 is 1. The second-order valence-electron chi connectivity index (χ2n) is 5.83. The fraction of sp³-hybridized carbons (Fsp3) is 1.00. The van der Waals surface area contributed by atoms with Crippen molar-refractivity contribution in [2.45, 2.75) is 71.7 Å². The van der Waals surface area contributed by atoms with E-state index >= 15 is 0 Å². The lowest BCUT2D eigenvalue weighted by molar-refractivity contribution is -0.175. The van der Waals surface area contributed by atoms with Crippen LogP contribution in [0.15, 0.2) is 0 Å². The van der Waals surface area contributed by atoms with Crippen molar-refractivity contribution in [3.8, 4) is 0 Å². The standard InChI is InChI=1S/C13H26O2/c1-13(2,3)10-12(14-4)15-11-8-6-5-7-9-11/h11-12H,5-10H2,1-4H3. The maximum Gasteiger partial charge on any atom is 0.158 e. The van der Waals surface area contributed by atoms with Gasteiger partial charge >= 0.3 is 0 Å². The van der Waals surface area contributed by atoms with Gasteiger partial charge in [-0.3, -0.25) is 0 Å². The van der Waals surface area contributed by atoms with E-state index in [2.05, 4.69) is 20.8 Å². The summed E-state index contributed by atoms with van der Waals surface area (Å²) in [7, 11) is 1.75. The highest BCUT2D eigenvalue weighted by Gasteiger charge is 2.23. The van der Waals surface area contributed by atoms with Crippen molar-refractivity contribution in [2.24, 2.45) is 5.41 Å². The minimum Gasteiger partial charge on any atom is -0.356 e. The Morgan fingerprint density at radius 3 is 2.20 bits per heavy atom. The van der Waals surface area contributed by atoms with Crippen molar-refractivity contribution in [3.05, 3.63) is 0 Å². The van der Waals surface area contributed by atoms with Gasteiger partial charge in [-0.2, -0.15) is 0 Å². The van der Waals surface area contributed by atoms with E-state index in [1.54, 1.807) is 7.11 Å². The molecular formula is C13H26O2. The molecule has 2 nitrogen and oxygen atoms in total. The van der Waals surface area contributed by atoms with Crippen LogP contribution in [0.25, 0.3) is 0 Å². The van der Waals surface area contributed by atoms with Gasteiger partial charge in [0.15, 0.2) is 6.29 Å². The van der Waals surface area contributed by atoms with Gasteiger partial charge in [0.05, 0.1) is 6.10 Å². The summed E-state index contributed by atoms with van der Waals surface area (Å²) in [6.07, 6.45) is 7.82. The Labute approximate surface area is 94.3 Å². The lowest BCUT2D eigenvalue weighted by Crippen LogP contribution is -2.29. The highest BCUT2D eigenvalue weighted by atomic mass is 16.7. The van der Waals surface area contributed by atoms with Crippen molar-refractivity contribution in [1.82, 2.24) is 0 Å². The van der Waals surface area contributed by atoms with Gasteiger partial charge in [-0.1, -0.05) is 40.0 Å². The third-order valence-corrected chi connectivity index (χ3v) is 2.94. The molecule has 0 bridgehead atoms. The van der Waals surface area contributed by atoms with Crippen LogP contribution in [-0.4, -0.2) is 19.5 Å². The van der Waals surface area contributed by atoms with Gasteiger partial charge in [0.25, 0.3) is 0 Å². The summed E-state index contributed by atoms with van der Waals surface area (Å²) in [6.45, 7) is 6.68. The zero-order valence-corrected chi connectivity index (χ0v) is 10.7. The highest BCUT2D eigenvalue weighted by Crippen LogP contribution is 2.27. The predicted molar refractivity (Wildman–Crippen MR) is 62.8 cm³/mol. The Hall–Kier alpha value is -0.0800. The van der Waals surface area contributed by atoms with Crippen LogP contribution in [0, 0.1) is 5.41 Å². The van der Waals surface area contributed by atoms with Crippen molar-refractivity contribution < 1.29 is 9.47 Å². The predicted octanol–water partition coefficient (Wildman–Crippen LogP) is 3.74. The number of rotatable bonds is 4. The summed E-state index contributed by atoms with van der Waals surface area (Å²) in [4.78, 5) is 0. The second-order valence-corrected chi connectivity index (χ2v) is 5.83. The quantitative estimate of drug-likeness (QED) is 0.664. The number of ether oxygens (including phenoxy) is 2. The molecule has 1 aliphatic rings. The van der Waals surface area contributed by atoms with Crippen molar-refractivity contribution >= 4 is 0 Å². The zero-order chi connectivity index (χ0) is 11.3. The smallest absolute Gasteiger partial charge is 0.158 e. The van der Waals surface area contributed by atoms with E-state index in [0.29, 0.717) is 6.10 Å². The molecule has 1 unspecified atom stereocenters. The molecule has 90 valence electrons. The van der Waals surface area contributed by atoms with Crippen LogP contribution in [0.1, 0.15) is 59.3 Å². The summed E-state index contributed by atoms with van der Waals surface area (Å²) in [5.41, 5.74) is 0.273. The fourth-order valence-electron chi connectivity index (χ4n) is 2.10. The molecule has 0 radical (unpaired) electrons. The third-order valence-electron chi connectivity index (χ3n) is 2.94. The molecule has 1 aliphatic carbocycles. The molecule has 1 atom stereocenters. The van der Waals surface area contributed by atoms with E-state index in [1.807, 2.05) is 0 Å². The van der Waals surface area contributed by atoms with E-state index in [0.717, 1.165) is 6.42 Å². The van der Waals surface area contributed by atoms with Crippen LogP contribution in [0.3, 0.4) is 0 Å². The molecular weight excluding hydrogens is 188 g/mol. The first-order chi connectivity index (χ1) is 7.01. The SMILES string of the molecule is COC(CC(C)(C)C)OC1CCCCC1. The molecule has 0 N–H and O–H groups in total. The molecule has 0 spiro atoms. The molecule has 0 aromatic carbocycles. The first-order valence-corrected chi connectivity index (χ1v) is 6.19. The van der Waals surface area contributed by atoms with Crippen molar-refractivity contribution in [1.29, 1.82) is 0 Å². The van der Waals surface area contributed by atoms with E-state index < -0.39 is 0 Å². The van der Waals surface area contributed by atoms with Gasteiger partial charge in [-0.05, 0) is 18.3 Å². The summed E-state index contributed by atoms with van der Waals surface area (Å²) in [6, 6.07) is 0. The van der Waals surface area contributed by atoms with Gasteiger partial charge in [-0.15, -0.1) is 0 Å². The van der Waals surface area contributed by atoms with Crippen LogP contribution >= 0.6 is 0 Å². The van der Waals surface area contributed by atoms with Crippen LogP contribution < -0.4 is 0 Å². The van der Waals surface area contributed by atoms with Crippen molar-refractivity contribution in [3.63, 3.8) is 0 Å². The van der Waals surface area contributed by atoms with Crippen molar-refractivity contribution in [2.75, 3.05) is 7.11 Å². The molecule has 1 saturated carbocycles. The van der Waals surface area contributed by atoms with E-state index in [1.165, 1.54) is 32.1 Å². The lowest BCUT2D eigenvalue weighted by Gasteiger charge is -2.30. The number of hydrogen-bond acceptors (Lipinski definition) is 2. The van der Waals surface area contributed by atoms with Gasteiger partial charge in [0.1, 0.15) is 0 Å². The first-order valence-electron chi connectivity index (χ1n) is 6.19. The minimum absolute atomic E-state index is 0.0203. The highest BCUT2D eigenvalue weighted by molar-refractivity contribution is 4.69. The van der Waals surface area contributed by atoms with E-state index in [4.69, 9.17) is 9.47 Å². The maximum absolute atomic E-state index is 5.99. The average Bonchev–Trinajstić information content (AvgIpc) is 2.16. The fourth-order valence-corrected chi connectivity index (χ4v) is 2.10. The molecule has 1 rings (SSSR count). The molecule has 15 heavy (non-hydrogen) atoms. The molecule has 0 aliphatic heterocycles. The topological polar surface area (TPSA) is 18.5 Å². The second kappa shape index (κ2) is 5.86. The van der Waals surface area contributed by atoms with Crippen LogP contribution in [-0.2, 0) is 9.47 Å². The Morgan fingerprint density at radius 2 is 1.73 bits per heavy atom. The third kappa shape index (κ3) is 5.53. The van der Waals surface area contributed by atoms with E-state index in [-0.39, 0.29) is 11.7 Å². The monoisotopic (exact) mass is 214 g/mol. The summed E-state index contributed by atoms with van der Waals surface area (Å²) < 4.78 is 11.4. The zero-order valence-electron chi connectivity index (χ0n) is 10.7. The van der Waals surface area contributed by atoms with Crippen LogP contribution in [0.5, 0.6) is 0 Å². The Kier molecular flexibility index (Phi) is 5.07. The van der Waals surface area contributed by atoms with Crippen LogP contribution in [0.4, 0.5) is 0 Å². The van der Waals surface area contributed by atoms with Gasteiger partial charge < -0.3 is 9.47 Å². The van der Waals surface area contributed by atoms with Gasteiger partial charge in [0.2, 0.25) is 0 Å². The molecule has 0 aromatic heterocycles. The first kappa shape index (κ1) is 13.0. The molecule has 0 saturated heterocycles. The largest absolute Gasteiger partial charge is 0.356 e. The number of hydrogen-bond donors (Lipinski definition) is 0. The van der Waals surface area contributed by atoms with Crippen LogP contribution in [0.2, 0.25) is 0 Å². The normalized spacial score (nSPS) is 21.6. The Bertz CT molecular complexity index is 166. The maximum atomic E-state index is 5.99. The molecule has 0 aromatic rings. The molecule has 0 heterocycles. The lowest BCUT2D eigenvalue weighted by atomic mass is 9.91. The van der Waals surface area contributed by atoms with E-state index in [9.17, 15) is 0 Å². The van der Waals surface area contributed by atoms with Gasteiger partial charge in [0, 0.05) is 13.5 Å². The summed E-state index contributed by atoms with van der Waals surface area (Å²) >= 11 is 0. The average molecular weight is 214 g/mol. The minimum atomic E-state index is -0.0203. The molecule has 2 heteroatoms. The summed E-state index contributed by atoms with van der Waals surface area (Å²) in [5.74, 6) is 0. The Balaban J connectivity index is 2.31.